The minimum Gasteiger partial charge on any atom is -0.477 e. The zero-order valence-electron chi connectivity index (χ0n) is 8.51. The summed E-state index contributed by atoms with van der Waals surface area (Å²) in [5.41, 5.74) is 1.72. The van der Waals surface area contributed by atoms with Crippen LogP contribution in [0.5, 0.6) is 0 Å². The van der Waals surface area contributed by atoms with E-state index in [1.165, 1.54) is 11.8 Å². The number of benzene rings is 1. The summed E-state index contributed by atoms with van der Waals surface area (Å²) in [4.78, 5) is 11.3. The summed E-state index contributed by atoms with van der Waals surface area (Å²) in [6, 6.07) is 9.83. The normalized spacial score (nSPS) is 19.6. The molecule has 1 unspecified atom stereocenters. The molecule has 80 valence electrons. The lowest BCUT2D eigenvalue weighted by Gasteiger charge is -2.08. The Bertz CT molecular complexity index is 482. The fourth-order valence-corrected chi connectivity index (χ4v) is 2.90. The summed E-state index contributed by atoms with van der Waals surface area (Å²) in [6.45, 7) is 0. The van der Waals surface area contributed by atoms with E-state index in [4.69, 9.17) is 11.5 Å². The van der Waals surface area contributed by atoms with Gasteiger partial charge >= 0.3 is 5.97 Å². The summed E-state index contributed by atoms with van der Waals surface area (Å²) in [5.74, 6) is 1.55. The molecule has 1 aliphatic rings. The smallest absolute Gasteiger partial charge is 0.343 e. The van der Waals surface area contributed by atoms with Crippen molar-refractivity contribution in [3.63, 3.8) is 0 Å². The van der Waals surface area contributed by atoms with Crippen LogP contribution in [0.25, 0.3) is 0 Å². The van der Waals surface area contributed by atoms with Crippen molar-refractivity contribution in [1.29, 1.82) is 0 Å². The zero-order valence-corrected chi connectivity index (χ0v) is 9.33. The number of terminal acetylenes is 1. The van der Waals surface area contributed by atoms with E-state index in [0.717, 1.165) is 5.56 Å². The van der Waals surface area contributed by atoms with Gasteiger partial charge in [-0.15, -0.1) is 18.2 Å². The number of carbonyl (C=O) groups is 1. The van der Waals surface area contributed by atoms with Gasteiger partial charge in [0, 0.05) is 10.8 Å². The maximum absolute atomic E-state index is 11.0. The van der Waals surface area contributed by atoms with Gasteiger partial charge in [-0.05, 0) is 12.0 Å². The van der Waals surface area contributed by atoms with Crippen LogP contribution < -0.4 is 0 Å². The molecule has 1 aliphatic heterocycles. The molecule has 0 bridgehead atoms. The monoisotopic (exact) mass is 230 g/mol. The number of thioether (sulfide) groups is 1. The van der Waals surface area contributed by atoms with Gasteiger partial charge in [0.2, 0.25) is 0 Å². The van der Waals surface area contributed by atoms with Crippen molar-refractivity contribution in [2.75, 3.05) is 0 Å². The lowest BCUT2D eigenvalue weighted by molar-refractivity contribution is -0.131. The Balaban J connectivity index is 2.24. The third-order valence-corrected chi connectivity index (χ3v) is 3.84. The lowest BCUT2D eigenvalue weighted by Crippen LogP contribution is -1.96. The van der Waals surface area contributed by atoms with E-state index in [2.05, 4.69) is 5.92 Å². The second-order valence-electron chi connectivity index (χ2n) is 3.48. The van der Waals surface area contributed by atoms with Gasteiger partial charge in [0.25, 0.3) is 0 Å². The van der Waals surface area contributed by atoms with Gasteiger partial charge < -0.3 is 5.11 Å². The molecule has 1 aromatic carbocycles. The van der Waals surface area contributed by atoms with Crippen molar-refractivity contribution in [3.8, 4) is 12.3 Å². The quantitative estimate of drug-likeness (QED) is 0.794. The molecule has 0 radical (unpaired) electrons. The second kappa shape index (κ2) is 4.46. The summed E-state index contributed by atoms with van der Waals surface area (Å²) in [7, 11) is 0. The Morgan fingerprint density at radius 2 is 2.12 bits per heavy atom. The highest BCUT2D eigenvalue weighted by Crippen LogP contribution is 2.47. The highest BCUT2D eigenvalue weighted by molar-refractivity contribution is 8.04. The van der Waals surface area contributed by atoms with E-state index in [-0.39, 0.29) is 5.25 Å². The molecule has 0 aromatic heterocycles. The Labute approximate surface area is 98.4 Å². The van der Waals surface area contributed by atoms with Gasteiger partial charge in [0.15, 0.2) is 0 Å². The van der Waals surface area contributed by atoms with Gasteiger partial charge in [-0.2, -0.15) is 0 Å². The molecule has 1 aromatic rings. The summed E-state index contributed by atoms with van der Waals surface area (Å²) in [6.07, 6.45) is 5.95. The standard InChI is InChI=1S/C13H10O2S/c1-2-9-8-11(16-12(9)13(14)15)10-6-4-3-5-7-10/h1,3-7,11H,8H2,(H,14,15). The van der Waals surface area contributed by atoms with E-state index in [1.54, 1.807) is 0 Å². The molecule has 2 nitrogen and oxygen atoms in total. The molecule has 0 aliphatic carbocycles. The van der Waals surface area contributed by atoms with Crippen LogP contribution in [0, 0.1) is 12.3 Å². The second-order valence-corrected chi connectivity index (χ2v) is 4.69. The van der Waals surface area contributed by atoms with E-state index < -0.39 is 5.97 Å². The van der Waals surface area contributed by atoms with Gasteiger partial charge in [-0.1, -0.05) is 36.3 Å². The Hall–Kier alpha value is -1.66. The van der Waals surface area contributed by atoms with Gasteiger partial charge in [0.05, 0.1) is 0 Å². The van der Waals surface area contributed by atoms with Crippen molar-refractivity contribution in [3.05, 3.63) is 46.4 Å². The summed E-state index contributed by atoms with van der Waals surface area (Å²) < 4.78 is 0. The molecule has 2 rings (SSSR count). The van der Waals surface area contributed by atoms with Crippen molar-refractivity contribution < 1.29 is 9.90 Å². The summed E-state index contributed by atoms with van der Waals surface area (Å²) in [5, 5.41) is 9.14. The molecule has 0 saturated heterocycles. The van der Waals surface area contributed by atoms with Crippen molar-refractivity contribution >= 4 is 17.7 Å². The van der Waals surface area contributed by atoms with Crippen LogP contribution in [0.3, 0.4) is 0 Å². The average molecular weight is 230 g/mol. The molecule has 0 spiro atoms. The Morgan fingerprint density at radius 3 is 2.62 bits per heavy atom. The van der Waals surface area contributed by atoms with Gasteiger partial charge in [-0.25, -0.2) is 4.79 Å². The van der Waals surface area contributed by atoms with Gasteiger partial charge in [0.1, 0.15) is 4.91 Å². The fourth-order valence-electron chi connectivity index (χ4n) is 1.69. The number of carboxylic acids is 1. The van der Waals surface area contributed by atoms with Crippen LogP contribution in [0.1, 0.15) is 17.2 Å². The highest BCUT2D eigenvalue weighted by atomic mass is 32.2. The van der Waals surface area contributed by atoms with Crippen molar-refractivity contribution in [2.24, 2.45) is 0 Å². The number of allylic oxidation sites excluding steroid dienone is 1. The molecular formula is C13H10O2S. The predicted molar refractivity (Wildman–Crippen MR) is 64.9 cm³/mol. The maximum Gasteiger partial charge on any atom is 0.343 e. The van der Waals surface area contributed by atoms with Crippen LogP contribution in [0.2, 0.25) is 0 Å². The molecule has 3 heteroatoms. The molecular weight excluding hydrogens is 220 g/mol. The Morgan fingerprint density at radius 1 is 1.44 bits per heavy atom. The number of hydrogen-bond acceptors (Lipinski definition) is 2. The minimum absolute atomic E-state index is 0.137. The van der Waals surface area contributed by atoms with Crippen LogP contribution >= 0.6 is 11.8 Å². The van der Waals surface area contributed by atoms with Crippen LogP contribution in [-0.4, -0.2) is 11.1 Å². The minimum atomic E-state index is -0.920. The first kappa shape index (κ1) is 10.8. The molecule has 0 saturated carbocycles. The third kappa shape index (κ3) is 1.98. The van der Waals surface area contributed by atoms with Crippen LogP contribution in [0.4, 0.5) is 0 Å². The van der Waals surface area contributed by atoms with Crippen molar-refractivity contribution in [2.45, 2.75) is 11.7 Å². The number of hydrogen-bond donors (Lipinski definition) is 1. The molecule has 1 atom stereocenters. The molecule has 1 N–H and O–H groups in total. The first-order valence-corrected chi connectivity index (χ1v) is 5.75. The van der Waals surface area contributed by atoms with E-state index >= 15 is 0 Å². The van der Waals surface area contributed by atoms with Crippen LogP contribution in [-0.2, 0) is 4.79 Å². The van der Waals surface area contributed by atoms with E-state index in [9.17, 15) is 4.79 Å². The largest absolute Gasteiger partial charge is 0.477 e. The molecule has 0 amide bonds. The molecule has 1 heterocycles. The SMILES string of the molecule is C#CC1=C(C(=O)O)SC(c2ccccc2)C1. The van der Waals surface area contributed by atoms with Crippen LogP contribution in [0.15, 0.2) is 40.8 Å². The third-order valence-electron chi connectivity index (χ3n) is 2.46. The molecule has 16 heavy (non-hydrogen) atoms. The highest BCUT2D eigenvalue weighted by Gasteiger charge is 2.29. The number of carboxylic acid groups (broad SMARTS) is 1. The average Bonchev–Trinajstić information content (AvgIpc) is 2.74. The molecule has 0 fully saturated rings. The van der Waals surface area contributed by atoms with Crippen molar-refractivity contribution in [1.82, 2.24) is 0 Å². The summed E-state index contributed by atoms with van der Waals surface area (Å²) >= 11 is 1.34. The van der Waals surface area contributed by atoms with E-state index in [1.807, 2.05) is 30.3 Å². The topological polar surface area (TPSA) is 37.3 Å². The zero-order chi connectivity index (χ0) is 11.5. The lowest BCUT2D eigenvalue weighted by atomic mass is 10.0. The fraction of sp³-hybridized carbons (Fsp3) is 0.154. The predicted octanol–water partition coefficient (Wildman–Crippen LogP) is 2.84. The van der Waals surface area contributed by atoms with E-state index in [0.29, 0.717) is 16.9 Å². The Kier molecular flexibility index (Phi) is 3.02. The maximum atomic E-state index is 11.0. The first-order chi connectivity index (χ1) is 7.72. The first-order valence-electron chi connectivity index (χ1n) is 4.87. The van der Waals surface area contributed by atoms with Gasteiger partial charge in [-0.3, -0.25) is 0 Å². The number of aliphatic carboxylic acids is 1. The number of rotatable bonds is 2.